The fraction of sp³-hybridized carbons (Fsp3) is 0.294. The molecule has 2 heterocycles. The number of rotatable bonds is 5. The van der Waals surface area contributed by atoms with Gasteiger partial charge in [0.2, 0.25) is 0 Å². The number of nitrogens with zero attached hydrogens (tertiary/aromatic N) is 2. The van der Waals surface area contributed by atoms with Crippen LogP contribution in [0, 0.1) is 0 Å². The predicted octanol–water partition coefficient (Wildman–Crippen LogP) is 2.20. The number of methoxy groups -OCH3 is 1. The highest BCUT2D eigenvalue weighted by molar-refractivity contribution is 5.74. The molecule has 1 atom stereocenters. The molecular weight excluding hydrogens is 278 g/mol. The number of amidine groups is 1. The molecule has 3 rings (SSSR count). The number of para-hydroxylation sites is 1. The van der Waals surface area contributed by atoms with Crippen LogP contribution in [0.3, 0.4) is 0 Å². The predicted molar refractivity (Wildman–Crippen MR) is 85.3 cm³/mol. The van der Waals surface area contributed by atoms with E-state index in [1.165, 1.54) is 0 Å². The zero-order valence-corrected chi connectivity index (χ0v) is 12.5. The Labute approximate surface area is 130 Å². The average molecular weight is 297 g/mol. The molecule has 1 unspecified atom stereocenters. The minimum Gasteiger partial charge on any atom is -0.496 e. The van der Waals surface area contributed by atoms with Gasteiger partial charge in [0.05, 0.1) is 13.7 Å². The van der Waals surface area contributed by atoms with Gasteiger partial charge in [-0.1, -0.05) is 24.3 Å². The Kier molecular flexibility index (Phi) is 4.53. The smallest absolute Gasteiger partial charge is 0.284 e. The van der Waals surface area contributed by atoms with Crippen LogP contribution in [0.4, 0.5) is 0 Å². The second kappa shape index (κ2) is 6.93. The summed E-state index contributed by atoms with van der Waals surface area (Å²) in [5, 5.41) is 3.27. The number of ether oxygens (including phenoxy) is 2. The first-order valence-corrected chi connectivity index (χ1v) is 7.32. The van der Waals surface area contributed by atoms with Crippen LogP contribution in [-0.4, -0.2) is 37.8 Å². The lowest BCUT2D eigenvalue weighted by atomic mass is 9.91. The van der Waals surface area contributed by atoms with Crippen molar-refractivity contribution in [2.75, 3.05) is 26.8 Å². The van der Waals surface area contributed by atoms with Gasteiger partial charge >= 0.3 is 0 Å². The number of aromatic nitrogens is 1. The molecule has 0 bridgehead atoms. The third kappa shape index (κ3) is 3.19. The van der Waals surface area contributed by atoms with Gasteiger partial charge in [0.25, 0.3) is 6.02 Å². The zero-order valence-electron chi connectivity index (χ0n) is 12.5. The van der Waals surface area contributed by atoms with Crippen molar-refractivity contribution in [2.45, 2.75) is 5.92 Å². The number of pyridine rings is 1. The number of benzene rings is 1. The van der Waals surface area contributed by atoms with Crippen molar-refractivity contribution in [1.82, 2.24) is 10.3 Å². The third-order valence-electron chi connectivity index (χ3n) is 3.64. The summed E-state index contributed by atoms with van der Waals surface area (Å²) in [5.74, 6) is 0.976. The van der Waals surface area contributed by atoms with Crippen LogP contribution in [-0.2, 0) is 4.74 Å². The van der Waals surface area contributed by atoms with Gasteiger partial charge in [-0.25, -0.2) is 4.99 Å². The second-order valence-corrected chi connectivity index (χ2v) is 5.00. The number of hydrogen-bond acceptors (Lipinski definition) is 5. The molecule has 0 saturated carbocycles. The van der Waals surface area contributed by atoms with Gasteiger partial charge in [-0.3, -0.25) is 4.98 Å². The van der Waals surface area contributed by atoms with Crippen molar-refractivity contribution in [3.8, 4) is 5.75 Å². The minimum atomic E-state index is 0.108. The fourth-order valence-electron chi connectivity index (χ4n) is 2.58. The molecule has 0 spiro atoms. The molecule has 5 heteroatoms. The maximum atomic E-state index is 5.51. The van der Waals surface area contributed by atoms with Crippen molar-refractivity contribution in [3.63, 3.8) is 0 Å². The van der Waals surface area contributed by atoms with Crippen molar-refractivity contribution in [1.29, 1.82) is 0 Å². The van der Waals surface area contributed by atoms with Gasteiger partial charge in [0, 0.05) is 30.4 Å². The Balaban J connectivity index is 1.88. The summed E-state index contributed by atoms with van der Waals surface area (Å²) in [7, 11) is 1.69. The summed E-state index contributed by atoms with van der Waals surface area (Å²) < 4.78 is 10.9. The lowest BCUT2D eigenvalue weighted by molar-refractivity contribution is 0.330. The van der Waals surface area contributed by atoms with Crippen LogP contribution in [0.25, 0.3) is 0 Å². The molecule has 114 valence electrons. The standard InChI is InChI=1S/C17H19N3O2/c1-21-16-7-3-2-6-14(16)15(13-5-4-8-18-11-13)12-20-17-19-9-10-22-17/h2-8,11,15H,9-10,12H2,1H3,(H,19,20). The molecule has 2 aromatic rings. The number of hydrogen-bond donors (Lipinski definition) is 1. The van der Waals surface area contributed by atoms with Crippen LogP contribution in [0.2, 0.25) is 0 Å². The summed E-state index contributed by atoms with van der Waals surface area (Å²) in [4.78, 5) is 8.51. The summed E-state index contributed by atoms with van der Waals surface area (Å²) in [6.07, 6.45) is 3.66. The summed E-state index contributed by atoms with van der Waals surface area (Å²) in [5.41, 5.74) is 2.24. The minimum absolute atomic E-state index is 0.108. The van der Waals surface area contributed by atoms with E-state index >= 15 is 0 Å². The second-order valence-electron chi connectivity index (χ2n) is 5.00. The van der Waals surface area contributed by atoms with Gasteiger partial charge < -0.3 is 14.8 Å². The van der Waals surface area contributed by atoms with E-state index in [1.54, 1.807) is 13.3 Å². The average Bonchev–Trinajstić information content (AvgIpc) is 3.10. The van der Waals surface area contributed by atoms with Crippen molar-refractivity contribution in [3.05, 3.63) is 59.9 Å². The van der Waals surface area contributed by atoms with E-state index < -0.39 is 0 Å². The van der Waals surface area contributed by atoms with Gasteiger partial charge in [-0.05, 0) is 17.7 Å². The Morgan fingerprint density at radius 3 is 2.91 bits per heavy atom. The van der Waals surface area contributed by atoms with Gasteiger partial charge in [-0.2, -0.15) is 0 Å². The monoisotopic (exact) mass is 297 g/mol. The lowest BCUT2D eigenvalue weighted by Gasteiger charge is -2.20. The number of aliphatic imine (C=N–C) groups is 1. The van der Waals surface area contributed by atoms with E-state index in [9.17, 15) is 0 Å². The van der Waals surface area contributed by atoms with Gasteiger partial charge in [-0.15, -0.1) is 0 Å². The third-order valence-corrected chi connectivity index (χ3v) is 3.64. The molecule has 1 aliphatic heterocycles. The van der Waals surface area contributed by atoms with E-state index in [-0.39, 0.29) is 5.92 Å². The Morgan fingerprint density at radius 2 is 2.18 bits per heavy atom. The Morgan fingerprint density at radius 1 is 1.27 bits per heavy atom. The molecule has 5 nitrogen and oxygen atoms in total. The summed E-state index contributed by atoms with van der Waals surface area (Å²) in [6, 6.07) is 12.7. The van der Waals surface area contributed by atoms with Crippen LogP contribution < -0.4 is 10.1 Å². The van der Waals surface area contributed by atoms with Crippen molar-refractivity contribution in [2.24, 2.45) is 4.99 Å². The molecule has 1 aromatic heterocycles. The van der Waals surface area contributed by atoms with E-state index in [4.69, 9.17) is 9.47 Å². The van der Waals surface area contributed by atoms with E-state index in [2.05, 4.69) is 27.4 Å². The van der Waals surface area contributed by atoms with Crippen LogP contribution in [0.15, 0.2) is 53.8 Å². The van der Waals surface area contributed by atoms with Gasteiger partial charge in [0.1, 0.15) is 12.4 Å². The maximum absolute atomic E-state index is 5.51. The van der Waals surface area contributed by atoms with E-state index in [0.717, 1.165) is 16.9 Å². The van der Waals surface area contributed by atoms with Crippen molar-refractivity contribution < 1.29 is 9.47 Å². The molecule has 22 heavy (non-hydrogen) atoms. The molecule has 1 N–H and O–H groups in total. The Bertz CT molecular complexity index is 643. The number of nitrogens with one attached hydrogen (secondary N) is 1. The van der Waals surface area contributed by atoms with Gasteiger partial charge in [0.15, 0.2) is 0 Å². The van der Waals surface area contributed by atoms with E-state index in [0.29, 0.717) is 25.7 Å². The normalized spacial score (nSPS) is 14.9. The molecule has 1 aliphatic rings. The van der Waals surface area contributed by atoms with E-state index in [1.807, 2.05) is 30.5 Å². The largest absolute Gasteiger partial charge is 0.496 e. The quantitative estimate of drug-likeness (QED) is 0.919. The van der Waals surface area contributed by atoms with Crippen LogP contribution in [0.1, 0.15) is 17.0 Å². The summed E-state index contributed by atoms with van der Waals surface area (Å²) in [6.45, 7) is 2.04. The maximum Gasteiger partial charge on any atom is 0.284 e. The molecule has 0 aliphatic carbocycles. The highest BCUT2D eigenvalue weighted by Gasteiger charge is 2.19. The molecule has 0 radical (unpaired) electrons. The van der Waals surface area contributed by atoms with Crippen LogP contribution in [0.5, 0.6) is 5.75 Å². The topological polar surface area (TPSA) is 55.7 Å². The molecule has 0 fully saturated rings. The highest BCUT2D eigenvalue weighted by atomic mass is 16.5. The lowest BCUT2D eigenvalue weighted by Crippen LogP contribution is -2.29. The fourth-order valence-corrected chi connectivity index (χ4v) is 2.58. The van der Waals surface area contributed by atoms with Crippen LogP contribution >= 0.6 is 0 Å². The molecule has 0 saturated heterocycles. The first kappa shape index (κ1) is 14.4. The molecule has 1 aromatic carbocycles. The zero-order chi connectivity index (χ0) is 15.2. The first-order chi connectivity index (χ1) is 10.9. The Hall–Kier alpha value is -2.56. The molecule has 0 amide bonds. The van der Waals surface area contributed by atoms with Crippen molar-refractivity contribution >= 4 is 6.02 Å². The highest BCUT2D eigenvalue weighted by Crippen LogP contribution is 2.31. The molecular formula is C17H19N3O2. The SMILES string of the molecule is COc1ccccc1C(CNC1=NCCO1)c1cccnc1. The first-order valence-electron chi connectivity index (χ1n) is 7.32. The summed E-state index contributed by atoms with van der Waals surface area (Å²) >= 11 is 0.